The number of amides is 1. The Kier molecular flexibility index (Phi) is 6.47. The molecule has 0 saturated heterocycles. The fraction of sp³-hybridized carbons (Fsp3) is 0.429. The molecule has 1 aromatic rings. The molecule has 9 heteroatoms. The number of alkyl halides is 5. The molecule has 0 aliphatic heterocycles. The molecular weight excluding hydrogens is 325 g/mol. The van der Waals surface area contributed by atoms with Gasteiger partial charge in [0, 0.05) is 18.4 Å². The van der Waals surface area contributed by atoms with Crippen LogP contribution < -0.4 is 5.32 Å². The van der Waals surface area contributed by atoms with E-state index in [0.717, 1.165) is 0 Å². The van der Waals surface area contributed by atoms with Crippen molar-refractivity contribution in [2.45, 2.75) is 37.9 Å². The highest BCUT2D eigenvalue weighted by molar-refractivity contribution is 5.96. The molecule has 2 N–H and O–H groups in total. The monoisotopic (exact) mass is 339 g/mol. The normalized spacial score (nSPS) is 13.0. The Morgan fingerprint density at radius 3 is 2.13 bits per heavy atom. The molecule has 0 aliphatic rings. The summed E-state index contributed by atoms with van der Waals surface area (Å²) in [6, 6.07) is 3.27. The van der Waals surface area contributed by atoms with Gasteiger partial charge in [0.2, 0.25) is 6.43 Å². The maximum atomic E-state index is 12.2. The first kappa shape index (κ1) is 18.9. The summed E-state index contributed by atoms with van der Waals surface area (Å²) >= 11 is 0. The maximum Gasteiger partial charge on any atom is 0.389 e. The zero-order chi connectivity index (χ0) is 17.6. The number of hydrogen-bond donors (Lipinski definition) is 2. The van der Waals surface area contributed by atoms with E-state index in [9.17, 15) is 31.5 Å². The van der Waals surface area contributed by atoms with E-state index in [-0.39, 0.29) is 12.0 Å². The third-order valence-electron chi connectivity index (χ3n) is 2.93. The first-order chi connectivity index (χ1) is 10.6. The number of aliphatic carboxylic acids is 1. The van der Waals surface area contributed by atoms with E-state index in [1.165, 1.54) is 24.3 Å². The summed E-state index contributed by atoms with van der Waals surface area (Å²) in [5.41, 5.74) is 0.322. The number of hydrogen-bond acceptors (Lipinski definition) is 2. The SMILES string of the molecule is O=C(NC(CC(F)F)C(=O)O)c1ccc(CCC(F)(F)F)cc1. The van der Waals surface area contributed by atoms with Crippen molar-refractivity contribution in [1.82, 2.24) is 5.32 Å². The highest BCUT2D eigenvalue weighted by Gasteiger charge is 2.27. The Morgan fingerprint density at radius 1 is 1.13 bits per heavy atom. The average Bonchev–Trinajstić information content (AvgIpc) is 2.43. The fourth-order valence-corrected chi connectivity index (χ4v) is 1.75. The summed E-state index contributed by atoms with van der Waals surface area (Å²) in [6.07, 6.45) is -9.49. The third kappa shape index (κ3) is 7.07. The summed E-state index contributed by atoms with van der Waals surface area (Å²) < 4.78 is 60.7. The Morgan fingerprint density at radius 2 is 1.70 bits per heavy atom. The van der Waals surface area contributed by atoms with Crippen LogP contribution >= 0.6 is 0 Å². The minimum atomic E-state index is -4.29. The summed E-state index contributed by atoms with van der Waals surface area (Å²) in [4.78, 5) is 22.6. The minimum Gasteiger partial charge on any atom is -0.480 e. The molecule has 1 atom stereocenters. The number of aryl methyl sites for hydroxylation is 1. The van der Waals surface area contributed by atoms with Crippen LogP contribution in [0.15, 0.2) is 24.3 Å². The van der Waals surface area contributed by atoms with Crippen molar-refractivity contribution in [3.63, 3.8) is 0 Å². The van der Waals surface area contributed by atoms with Crippen molar-refractivity contribution in [2.75, 3.05) is 0 Å². The first-order valence-corrected chi connectivity index (χ1v) is 6.56. The van der Waals surface area contributed by atoms with Crippen LogP contribution in [0.1, 0.15) is 28.8 Å². The van der Waals surface area contributed by atoms with E-state index in [1.54, 1.807) is 0 Å². The molecule has 0 saturated carbocycles. The molecule has 0 fully saturated rings. The van der Waals surface area contributed by atoms with Gasteiger partial charge in [-0.3, -0.25) is 4.79 Å². The Hall–Kier alpha value is -2.19. The summed E-state index contributed by atoms with van der Waals surface area (Å²) in [5.74, 6) is -2.49. The second kappa shape index (κ2) is 7.89. The van der Waals surface area contributed by atoms with Crippen LogP contribution in [0.3, 0.4) is 0 Å². The molecule has 0 bridgehead atoms. The predicted octanol–water partition coefficient (Wildman–Crippen LogP) is 3.02. The average molecular weight is 339 g/mol. The summed E-state index contributed by atoms with van der Waals surface area (Å²) in [5, 5.41) is 10.7. The third-order valence-corrected chi connectivity index (χ3v) is 2.93. The molecular formula is C14H14F5NO3. The standard InChI is InChI=1S/C14H14F5NO3/c15-11(16)7-10(13(22)23)20-12(21)9-3-1-8(2-4-9)5-6-14(17,18)19/h1-4,10-11H,5-7H2,(H,20,21)(H,22,23). The van der Waals surface area contributed by atoms with Gasteiger partial charge in [0.1, 0.15) is 6.04 Å². The second-order valence-electron chi connectivity index (χ2n) is 4.80. The smallest absolute Gasteiger partial charge is 0.389 e. The lowest BCUT2D eigenvalue weighted by molar-refractivity contribution is -0.140. The highest BCUT2D eigenvalue weighted by Crippen LogP contribution is 2.22. The number of carbonyl (C=O) groups excluding carboxylic acids is 1. The molecule has 0 heterocycles. The van der Waals surface area contributed by atoms with Gasteiger partial charge in [-0.15, -0.1) is 0 Å². The van der Waals surface area contributed by atoms with Crippen LogP contribution in [0.25, 0.3) is 0 Å². The quantitative estimate of drug-likeness (QED) is 0.751. The van der Waals surface area contributed by atoms with Crippen LogP contribution in [0.2, 0.25) is 0 Å². The van der Waals surface area contributed by atoms with Crippen molar-refractivity contribution in [2.24, 2.45) is 0 Å². The number of carboxylic acid groups (broad SMARTS) is 1. The van der Waals surface area contributed by atoms with Crippen LogP contribution in [0.4, 0.5) is 22.0 Å². The first-order valence-electron chi connectivity index (χ1n) is 6.56. The van der Waals surface area contributed by atoms with E-state index in [2.05, 4.69) is 0 Å². The molecule has 128 valence electrons. The number of halogens is 5. The van der Waals surface area contributed by atoms with Gasteiger partial charge < -0.3 is 10.4 Å². The lowest BCUT2D eigenvalue weighted by atomic mass is 10.1. The second-order valence-corrected chi connectivity index (χ2v) is 4.80. The molecule has 1 aromatic carbocycles. The fourth-order valence-electron chi connectivity index (χ4n) is 1.75. The van der Waals surface area contributed by atoms with Gasteiger partial charge in [-0.2, -0.15) is 13.2 Å². The predicted molar refractivity (Wildman–Crippen MR) is 70.3 cm³/mol. The van der Waals surface area contributed by atoms with Gasteiger partial charge in [0.25, 0.3) is 5.91 Å². The minimum absolute atomic E-state index is 0.0266. The maximum absolute atomic E-state index is 12.2. The van der Waals surface area contributed by atoms with Gasteiger partial charge in [-0.25, -0.2) is 13.6 Å². The molecule has 1 rings (SSSR count). The van der Waals surface area contributed by atoms with Crippen molar-refractivity contribution < 1.29 is 36.6 Å². The van der Waals surface area contributed by atoms with Crippen LogP contribution in [0.5, 0.6) is 0 Å². The Balaban J connectivity index is 2.67. The van der Waals surface area contributed by atoms with E-state index < -0.39 is 43.4 Å². The summed E-state index contributed by atoms with van der Waals surface area (Å²) in [6.45, 7) is 0. The van der Waals surface area contributed by atoms with Crippen LogP contribution in [-0.2, 0) is 11.2 Å². The van der Waals surface area contributed by atoms with Crippen molar-refractivity contribution in [3.05, 3.63) is 35.4 Å². The number of nitrogens with one attached hydrogen (secondary N) is 1. The molecule has 1 amide bonds. The van der Waals surface area contributed by atoms with Crippen LogP contribution in [-0.4, -0.2) is 35.6 Å². The number of benzene rings is 1. The number of carboxylic acids is 1. The largest absolute Gasteiger partial charge is 0.480 e. The molecule has 1 unspecified atom stereocenters. The van der Waals surface area contributed by atoms with Gasteiger partial charge in [-0.1, -0.05) is 12.1 Å². The summed E-state index contributed by atoms with van der Waals surface area (Å²) in [7, 11) is 0. The van der Waals surface area contributed by atoms with Crippen molar-refractivity contribution in [1.29, 1.82) is 0 Å². The number of carbonyl (C=O) groups is 2. The molecule has 0 aromatic heterocycles. The molecule has 0 spiro atoms. The molecule has 0 aliphatic carbocycles. The van der Waals surface area contributed by atoms with Crippen molar-refractivity contribution >= 4 is 11.9 Å². The zero-order valence-corrected chi connectivity index (χ0v) is 11.7. The van der Waals surface area contributed by atoms with Gasteiger partial charge in [-0.05, 0) is 24.1 Å². The molecule has 4 nitrogen and oxygen atoms in total. The molecule has 23 heavy (non-hydrogen) atoms. The Labute approximate surface area is 128 Å². The Bertz CT molecular complexity index is 542. The lowest BCUT2D eigenvalue weighted by Gasteiger charge is -2.14. The van der Waals surface area contributed by atoms with Crippen LogP contribution in [0, 0.1) is 0 Å². The van der Waals surface area contributed by atoms with E-state index in [0.29, 0.717) is 5.56 Å². The highest BCUT2D eigenvalue weighted by atomic mass is 19.4. The van der Waals surface area contributed by atoms with Gasteiger partial charge in [0.05, 0.1) is 0 Å². The van der Waals surface area contributed by atoms with Gasteiger partial charge in [0.15, 0.2) is 0 Å². The zero-order valence-electron chi connectivity index (χ0n) is 11.7. The lowest BCUT2D eigenvalue weighted by Crippen LogP contribution is -2.42. The topological polar surface area (TPSA) is 66.4 Å². The number of rotatable bonds is 7. The van der Waals surface area contributed by atoms with E-state index >= 15 is 0 Å². The molecule has 0 radical (unpaired) electrons. The van der Waals surface area contributed by atoms with Gasteiger partial charge >= 0.3 is 12.1 Å². The van der Waals surface area contributed by atoms with E-state index in [1.807, 2.05) is 5.32 Å². The van der Waals surface area contributed by atoms with Crippen molar-refractivity contribution in [3.8, 4) is 0 Å². The van der Waals surface area contributed by atoms with E-state index in [4.69, 9.17) is 5.11 Å².